The second-order valence-corrected chi connectivity index (χ2v) is 9.11. The lowest BCUT2D eigenvalue weighted by atomic mass is 10.1. The summed E-state index contributed by atoms with van der Waals surface area (Å²) in [6.07, 6.45) is 0.663. The number of nitrogens with one attached hydrogen (secondary N) is 1. The zero-order chi connectivity index (χ0) is 15.6. The van der Waals surface area contributed by atoms with Gasteiger partial charge in [0.25, 0.3) is 0 Å². The van der Waals surface area contributed by atoms with E-state index in [1.807, 2.05) is 19.1 Å². The molecule has 0 aliphatic carbocycles. The van der Waals surface area contributed by atoms with Gasteiger partial charge in [0, 0.05) is 17.1 Å². The van der Waals surface area contributed by atoms with Crippen molar-refractivity contribution in [3.8, 4) is 0 Å². The van der Waals surface area contributed by atoms with Crippen LogP contribution in [-0.2, 0) is 16.4 Å². The summed E-state index contributed by atoms with van der Waals surface area (Å²) in [5.41, 5.74) is 7.77. The Kier molecular flexibility index (Phi) is 5.08. The fourth-order valence-corrected chi connectivity index (χ4v) is 4.88. The van der Waals surface area contributed by atoms with Crippen molar-refractivity contribution in [1.82, 2.24) is 4.72 Å². The van der Waals surface area contributed by atoms with E-state index in [4.69, 9.17) is 5.73 Å². The zero-order valence-electron chi connectivity index (χ0n) is 11.8. The van der Waals surface area contributed by atoms with Crippen LogP contribution in [0.2, 0.25) is 0 Å². The second kappa shape index (κ2) is 6.48. The van der Waals surface area contributed by atoms with E-state index in [0.29, 0.717) is 24.2 Å². The van der Waals surface area contributed by atoms with Crippen LogP contribution in [0.25, 0.3) is 0 Å². The molecule has 2 rings (SSSR count). The van der Waals surface area contributed by atoms with Crippen LogP contribution in [0.15, 0.2) is 32.9 Å². The molecule has 0 bridgehead atoms. The average molecular weight is 389 g/mol. The van der Waals surface area contributed by atoms with Gasteiger partial charge in [0.2, 0.25) is 10.0 Å². The number of benzene rings is 1. The summed E-state index contributed by atoms with van der Waals surface area (Å²) < 4.78 is 28.4. The molecule has 0 spiro atoms. The molecule has 0 atom stereocenters. The lowest BCUT2D eigenvalue weighted by Gasteiger charge is -2.12. The highest BCUT2D eigenvalue weighted by atomic mass is 79.9. The molecular formula is C14H17BrN2O2S2. The first-order chi connectivity index (χ1) is 9.79. The third-order valence-electron chi connectivity index (χ3n) is 3.13. The van der Waals surface area contributed by atoms with Gasteiger partial charge in [0.1, 0.15) is 0 Å². The molecule has 0 saturated heterocycles. The largest absolute Gasteiger partial charge is 0.398 e. The average Bonchev–Trinajstić information content (AvgIpc) is 2.79. The standard InChI is InChI=1S/C14H17BrN2O2S2/c1-9-7-12(16)10(2)13(8-9)21(18,19)17-6-5-11-3-4-14(15)20-11/h3-4,7-8,17H,5-6,16H2,1-2H3. The first-order valence-electron chi connectivity index (χ1n) is 6.40. The van der Waals surface area contributed by atoms with Crippen molar-refractivity contribution in [2.75, 3.05) is 12.3 Å². The highest BCUT2D eigenvalue weighted by Crippen LogP contribution is 2.24. The number of aryl methyl sites for hydroxylation is 1. The highest BCUT2D eigenvalue weighted by molar-refractivity contribution is 9.11. The molecule has 7 heteroatoms. The van der Waals surface area contributed by atoms with Crippen LogP contribution in [-0.4, -0.2) is 15.0 Å². The Morgan fingerprint density at radius 1 is 1.29 bits per heavy atom. The lowest BCUT2D eigenvalue weighted by Crippen LogP contribution is -2.26. The van der Waals surface area contributed by atoms with E-state index in [0.717, 1.165) is 14.2 Å². The second-order valence-electron chi connectivity index (χ2n) is 4.83. The third-order valence-corrected chi connectivity index (χ3v) is 6.40. The van der Waals surface area contributed by atoms with E-state index in [1.165, 1.54) is 0 Å². The van der Waals surface area contributed by atoms with Crippen LogP contribution >= 0.6 is 27.3 Å². The van der Waals surface area contributed by atoms with Crippen molar-refractivity contribution in [2.24, 2.45) is 0 Å². The maximum absolute atomic E-state index is 12.4. The van der Waals surface area contributed by atoms with Crippen molar-refractivity contribution in [1.29, 1.82) is 0 Å². The minimum absolute atomic E-state index is 0.257. The van der Waals surface area contributed by atoms with Crippen LogP contribution in [0.3, 0.4) is 0 Å². The highest BCUT2D eigenvalue weighted by Gasteiger charge is 2.18. The molecule has 2 aromatic rings. The van der Waals surface area contributed by atoms with Crippen molar-refractivity contribution in [3.05, 3.63) is 44.1 Å². The van der Waals surface area contributed by atoms with Gasteiger partial charge < -0.3 is 5.73 Å². The topological polar surface area (TPSA) is 72.2 Å². The number of nitrogen functional groups attached to an aromatic ring is 1. The molecule has 0 unspecified atom stereocenters. The van der Waals surface area contributed by atoms with Crippen molar-refractivity contribution < 1.29 is 8.42 Å². The first kappa shape index (κ1) is 16.5. The van der Waals surface area contributed by atoms with E-state index in [-0.39, 0.29) is 4.90 Å². The Labute approximate surface area is 137 Å². The molecule has 4 nitrogen and oxygen atoms in total. The Bertz CT molecular complexity index is 754. The Hall–Kier alpha value is -0.890. The Morgan fingerprint density at radius 3 is 2.62 bits per heavy atom. The van der Waals surface area contributed by atoms with E-state index in [2.05, 4.69) is 20.7 Å². The predicted molar refractivity (Wildman–Crippen MR) is 91.2 cm³/mol. The number of rotatable bonds is 5. The molecule has 0 radical (unpaired) electrons. The monoisotopic (exact) mass is 388 g/mol. The number of hydrogen-bond acceptors (Lipinski definition) is 4. The molecule has 0 fully saturated rings. The van der Waals surface area contributed by atoms with Gasteiger partial charge in [-0.2, -0.15) is 0 Å². The lowest BCUT2D eigenvalue weighted by molar-refractivity contribution is 0.581. The molecule has 1 heterocycles. The summed E-state index contributed by atoms with van der Waals surface area (Å²) in [6.45, 7) is 3.92. The van der Waals surface area contributed by atoms with Crippen molar-refractivity contribution in [3.63, 3.8) is 0 Å². The van der Waals surface area contributed by atoms with Crippen LogP contribution in [0, 0.1) is 13.8 Å². The van der Waals surface area contributed by atoms with Gasteiger partial charge >= 0.3 is 0 Å². The molecule has 1 aromatic carbocycles. The molecule has 1 aromatic heterocycles. The normalized spacial score (nSPS) is 11.8. The third kappa shape index (κ3) is 4.06. The molecule has 114 valence electrons. The van der Waals surface area contributed by atoms with Crippen LogP contribution in [0.4, 0.5) is 5.69 Å². The number of halogens is 1. The van der Waals surface area contributed by atoms with E-state index >= 15 is 0 Å². The molecule has 0 saturated carbocycles. The van der Waals surface area contributed by atoms with Crippen LogP contribution in [0.5, 0.6) is 0 Å². The zero-order valence-corrected chi connectivity index (χ0v) is 15.0. The van der Waals surface area contributed by atoms with Gasteiger partial charge in [-0.3, -0.25) is 0 Å². The van der Waals surface area contributed by atoms with Crippen molar-refractivity contribution in [2.45, 2.75) is 25.2 Å². The molecule has 0 aliphatic rings. The summed E-state index contributed by atoms with van der Waals surface area (Å²) in [5, 5.41) is 0. The van der Waals surface area contributed by atoms with Gasteiger partial charge in [0.15, 0.2) is 0 Å². The van der Waals surface area contributed by atoms with E-state index < -0.39 is 10.0 Å². The van der Waals surface area contributed by atoms with Crippen LogP contribution < -0.4 is 10.5 Å². The maximum Gasteiger partial charge on any atom is 0.240 e. The van der Waals surface area contributed by atoms with Gasteiger partial charge in [-0.05, 0) is 71.6 Å². The van der Waals surface area contributed by atoms with Gasteiger partial charge in [0.05, 0.1) is 8.68 Å². The number of sulfonamides is 1. The fraction of sp³-hybridized carbons (Fsp3) is 0.286. The Balaban J connectivity index is 2.12. The number of nitrogens with two attached hydrogens (primary N) is 1. The Morgan fingerprint density at radius 2 is 2.00 bits per heavy atom. The SMILES string of the molecule is Cc1cc(N)c(C)c(S(=O)(=O)NCCc2ccc(Br)s2)c1. The van der Waals surface area contributed by atoms with Crippen molar-refractivity contribution >= 4 is 43.0 Å². The molecule has 0 aliphatic heterocycles. The summed E-state index contributed by atoms with van der Waals surface area (Å²) in [6, 6.07) is 7.37. The smallest absolute Gasteiger partial charge is 0.240 e. The maximum atomic E-state index is 12.4. The number of thiophene rings is 1. The quantitative estimate of drug-likeness (QED) is 0.772. The first-order valence-corrected chi connectivity index (χ1v) is 9.49. The summed E-state index contributed by atoms with van der Waals surface area (Å²) >= 11 is 5.00. The minimum atomic E-state index is -3.54. The molecule has 3 N–H and O–H groups in total. The summed E-state index contributed by atoms with van der Waals surface area (Å²) in [7, 11) is -3.54. The number of anilines is 1. The summed E-state index contributed by atoms with van der Waals surface area (Å²) in [5.74, 6) is 0. The minimum Gasteiger partial charge on any atom is -0.398 e. The fourth-order valence-electron chi connectivity index (χ4n) is 2.00. The molecular weight excluding hydrogens is 372 g/mol. The molecule has 21 heavy (non-hydrogen) atoms. The van der Waals surface area contributed by atoms with E-state index in [1.54, 1.807) is 30.4 Å². The van der Waals surface area contributed by atoms with Gasteiger partial charge in [-0.25, -0.2) is 13.1 Å². The number of hydrogen-bond donors (Lipinski definition) is 2. The molecule has 0 amide bonds. The predicted octanol–water partition coefficient (Wildman–Crippen LogP) is 3.23. The van der Waals surface area contributed by atoms with Gasteiger partial charge in [-0.15, -0.1) is 11.3 Å². The summed E-state index contributed by atoms with van der Waals surface area (Å²) in [4.78, 5) is 1.39. The van der Waals surface area contributed by atoms with E-state index in [9.17, 15) is 8.42 Å². The van der Waals surface area contributed by atoms with Crippen LogP contribution in [0.1, 0.15) is 16.0 Å². The van der Waals surface area contributed by atoms with Gasteiger partial charge in [-0.1, -0.05) is 0 Å².